The first-order valence-corrected chi connectivity index (χ1v) is 9.08. The molecule has 0 unspecified atom stereocenters. The van der Waals surface area contributed by atoms with Crippen molar-refractivity contribution in [2.24, 2.45) is 0 Å². The molecule has 0 atom stereocenters. The number of carbonyl (C=O) groups excluding carboxylic acids is 1. The van der Waals surface area contributed by atoms with Gasteiger partial charge in [0.2, 0.25) is 5.88 Å². The van der Waals surface area contributed by atoms with Gasteiger partial charge >= 0.3 is 6.18 Å². The maximum absolute atomic E-state index is 13.2. The molecule has 0 saturated heterocycles. The third-order valence-electron chi connectivity index (χ3n) is 4.47. The molecule has 0 aliphatic heterocycles. The highest BCUT2D eigenvalue weighted by molar-refractivity contribution is 6.07. The van der Waals surface area contributed by atoms with E-state index in [4.69, 9.17) is 4.74 Å². The number of methoxy groups -OCH3 is 1. The molecule has 1 N–H and O–H groups in total. The predicted octanol–water partition coefficient (Wildman–Crippen LogP) is 4.34. The molecule has 0 saturated carbocycles. The van der Waals surface area contributed by atoms with Gasteiger partial charge < -0.3 is 14.6 Å². The number of nitrogens with one attached hydrogen (secondary N) is 1. The summed E-state index contributed by atoms with van der Waals surface area (Å²) in [6.07, 6.45) is 1.65. The van der Waals surface area contributed by atoms with Crippen LogP contribution >= 0.6 is 0 Å². The standard InChI is InChI=1S/C21H16F3N5O2/c1-31-19-17(8-5-9-25-19)27-18(30)16-13-26-29(20(16)28-10-2-3-11-28)15-7-4-6-14(12-15)21(22,23)24/h2-13H,1H3,(H,27,30). The number of alkyl halides is 3. The fourth-order valence-corrected chi connectivity index (χ4v) is 3.07. The molecule has 0 aliphatic carbocycles. The maximum atomic E-state index is 13.2. The molecule has 3 heterocycles. The summed E-state index contributed by atoms with van der Waals surface area (Å²) >= 11 is 0. The van der Waals surface area contributed by atoms with Crippen molar-refractivity contribution in [3.63, 3.8) is 0 Å². The number of pyridine rings is 1. The van der Waals surface area contributed by atoms with Crippen LogP contribution in [0.1, 0.15) is 15.9 Å². The van der Waals surface area contributed by atoms with Crippen molar-refractivity contribution in [3.05, 3.63) is 84.4 Å². The second kappa shape index (κ2) is 7.98. The van der Waals surface area contributed by atoms with Crippen molar-refractivity contribution in [2.45, 2.75) is 6.18 Å². The van der Waals surface area contributed by atoms with E-state index in [0.29, 0.717) is 5.69 Å². The van der Waals surface area contributed by atoms with Crippen LogP contribution in [0.25, 0.3) is 11.5 Å². The lowest BCUT2D eigenvalue weighted by Crippen LogP contribution is -2.16. The lowest BCUT2D eigenvalue weighted by Gasteiger charge is -2.13. The van der Waals surface area contributed by atoms with E-state index in [0.717, 1.165) is 12.1 Å². The summed E-state index contributed by atoms with van der Waals surface area (Å²) in [6.45, 7) is 0. The van der Waals surface area contributed by atoms with Gasteiger partial charge in [-0.25, -0.2) is 9.67 Å². The van der Waals surface area contributed by atoms with Crippen molar-refractivity contribution in [1.29, 1.82) is 0 Å². The summed E-state index contributed by atoms with van der Waals surface area (Å²) in [4.78, 5) is 17.1. The zero-order chi connectivity index (χ0) is 22.0. The van der Waals surface area contributed by atoms with Crippen molar-refractivity contribution < 1.29 is 22.7 Å². The second-order valence-electron chi connectivity index (χ2n) is 6.45. The van der Waals surface area contributed by atoms with Gasteiger partial charge in [0.25, 0.3) is 5.91 Å². The Morgan fingerprint density at radius 2 is 1.87 bits per heavy atom. The van der Waals surface area contributed by atoms with Crippen LogP contribution in [0.4, 0.5) is 18.9 Å². The van der Waals surface area contributed by atoms with Crippen LogP contribution in [-0.4, -0.2) is 32.3 Å². The lowest BCUT2D eigenvalue weighted by atomic mass is 10.2. The number of halogens is 3. The average molecular weight is 427 g/mol. The van der Waals surface area contributed by atoms with Crippen LogP contribution in [0.15, 0.2) is 73.3 Å². The van der Waals surface area contributed by atoms with E-state index in [1.807, 2.05) is 0 Å². The molecule has 3 aromatic heterocycles. The van der Waals surface area contributed by atoms with E-state index >= 15 is 0 Å². The molecule has 31 heavy (non-hydrogen) atoms. The van der Waals surface area contributed by atoms with Gasteiger partial charge in [-0.05, 0) is 42.5 Å². The zero-order valence-electron chi connectivity index (χ0n) is 16.2. The van der Waals surface area contributed by atoms with Gasteiger partial charge in [0, 0.05) is 18.6 Å². The molecule has 158 valence electrons. The van der Waals surface area contributed by atoms with E-state index in [-0.39, 0.29) is 22.9 Å². The Hall–Kier alpha value is -4.08. The van der Waals surface area contributed by atoms with Crippen molar-refractivity contribution >= 4 is 11.6 Å². The minimum absolute atomic E-state index is 0.152. The molecular formula is C21H16F3N5O2. The second-order valence-corrected chi connectivity index (χ2v) is 6.45. The Labute approximate surface area is 174 Å². The molecule has 0 bridgehead atoms. The van der Waals surface area contributed by atoms with Crippen LogP contribution in [0.3, 0.4) is 0 Å². The SMILES string of the molecule is COc1ncccc1NC(=O)c1cnn(-c2cccc(C(F)(F)F)c2)c1-n1cccc1. The Balaban J connectivity index is 1.79. The number of rotatable bonds is 5. The van der Waals surface area contributed by atoms with Gasteiger partial charge in [-0.3, -0.25) is 4.79 Å². The number of hydrogen-bond acceptors (Lipinski definition) is 4. The number of benzene rings is 1. The van der Waals surface area contributed by atoms with Crippen LogP contribution in [0.2, 0.25) is 0 Å². The molecule has 4 rings (SSSR count). The normalized spacial score (nSPS) is 11.4. The fourth-order valence-electron chi connectivity index (χ4n) is 3.07. The predicted molar refractivity (Wildman–Crippen MR) is 107 cm³/mol. The van der Waals surface area contributed by atoms with Crippen molar-refractivity contribution in [1.82, 2.24) is 19.3 Å². The number of ether oxygens (including phenoxy) is 1. The van der Waals surface area contributed by atoms with Gasteiger partial charge in [-0.2, -0.15) is 18.3 Å². The molecule has 4 aromatic rings. The molecule has 1 aromatic carbocycles. The highest BCUT2D eigenvalue weighted by Gasteiger charge is 2.31. The van der Waals surface area contributed by atoms with Gasteiger partial charge in [0.15, 0.2) is 5.82 Å². The molecule has 0 spiro atoms. The van der Waals surface area contributed by atoms with E-state index in [2.05, 4.69) is 15.4 Å². The average Bonchev–Trinajstić information content (AvgIpc) is 3.43. The number of nitrogens with zero attached hydrogens (tertiary/aromatic N) is 4. The van der Waals surface area contributed by atoms with Crippen molar-refractivity contribution in [3.8, 4) is 17.4 Å². The summed E-state index contributed by atoms with van der Waals surface area (Å²) in [5.74, 6) is -0.0125. The first kappa shape index (κ1) is 20.2. The summed E-state index contributed by atoms with van der Waals surface area (Å²) in [6, 6.07) is 11.5. The molecule has 10 heteroatoms. The van der Waals surface area contributed by atoms with E-state index in [9.17, 15) is 18.0 Å². The number of carbonyl (C=O) groups is 1. The van der Waals surface area contributed by atoms with Crippen LogP contribution in [-0.2, 0) is 6.18 Å². The molecular weight excluding hydrogens is 411 g/mol. The Kier molecular flexibility index (Phi) is 5.20. The maximum Gasteiger partial charge on any atom is 0.416 e. The first-order chi connectivity index (χ1) is 14.9. The van der Waals surface area contributed by atoms with Gasteiger partial charge in [-0.15, -0.1) is 0 Å². The molecule has 0 fully saturated rings. The minimum atomic E-state index is -4.51. The van der Waals surface area contributed by atoms with Gasteiger partial charge in [0.05, 0.1) is 24.6 Å². The summed E-state index contributed by atoms with van der Waals surface area (Å²) in [5, 5.41) is 6.90. The number of hydrogen-bond donors (Lipinski definition) is 1. The molecule has 7 nitrogen and oxygen atoms in total. The molecule has 0 radical (unpaired) electrons. The number of amides is 1. The highest BCUT2D eigenvalue weighted by atomic mass is 19.4. The summed E-state index contributed by atoms with van der Waals surface area (Å²) in [7, 11) is 1.43. The first-order valence-electron chi connectivity index (χ1n) is 9.08. The summed E-state index contributed by atoms with van der Waals surface area (Å²) < 4.78 is 47.6. The fraction of sp³-hybridized carbons (Fsp3) is 0.0952. The van der Waals surface area contributed by atoms with E-state index in [1.165, 1.54) is 36.3 Å². The smallest absolute Gasteiger partial charge is 0.416 e. The quantitative estimate of drug-likeness (QED) is 0.514. The molecule has 1 amide bonds. The third kappa shape index (κ3) is 4.00. The zero-order valence-corrected chi connectivity index (χ0v) is 16.2. The largest absolute Gasteiger partial charge is 0.480 e. The highest BCUT2D eigenvalue weighted by Crippen LogP contribution is 2.31. The minimum Gasteiger partial charge on any atom is -0.480 e. The van der Waals surface area contributed by atoms with E-state index in [1.54, 1.807) is 41.2 Å². The Bertz CT molecular complexity index is 1220. The van der Waals surface area contributed by atoms with Gasteiger partial charge in [0.1, 0.15) is 11.3 Å². The number of anilines is 1. The Morgan fingerprint density at radius 1 is 1.10 bits per heavy atom. The topological polar surface area (TPSA) is 74.0 Å². The summed E-state index contributed by atoms with van der Waals surface area (Å²) in [5.41, 5.74) is -0.151. The third-order valence-corrected chi connectivity index (χ3v) is 4.47. The number of aromatic nitrogens is 4. The van der Waals surface area contributed by atoms with E-state index < -0.39 is 17.6 Å². The Morgan fingerprint density at radius 3 is 2.58 bits per heavy atom. The van der Waals surface area contributed by atoms with Gasteiger partial charge in [-0.1, -0.05) is 6.07 Å². The molecule has 0 aliphatic rings. The van der Waals surface area contributed by atoms with Crippen LogP contribution in [0, 0.1) is 0 Å². The lowest BCUT2D eigenvalue weighted by molar-refractivity contribution is -0.137. The van der Waals surface area contributed by atoms with Crippen LogP contribution < -0.4 is 10.1 Å². The van der Waals surface area contributed by atoms with Crippen molar-refractivity contribution in [2.75, 3.05) is 12.4 Å². The monoisotopic (exact) mass is 427 g/mol. The van der Waals surface area contributed by atoms with Crippen LogP contribution in [0.5, 0.6) is 5.88 Å².